The maximum atomic E-state index is 13.5. The first-order valence-electron chi connectivity index (χ1n) is 6.95. The van der Waals surface area contributed by atoms with Crippen molar-refractivity contribution in [3.63, 3.8) is 0 Å². The van der Waals surface area contributed by atoms with E-state index in [1.54, 1.807) is 19.0 Å². The summed E-state index contributed by atoms with van der Waals surface area (Å²) in [6.07, 6.45) is 1.87. The van der Waals surface area contributed by atoms with Gasteiger partial charge in [0.15, 0.2) is 0 Å². The average Bonchev–Trinajstić information content (AvgIpc) is 2.84. The molecule has 2 N–H and O–H groups in total. The van der Waals surface area contributed by atoms with Crippen LogP contribution < -0.4 is 5.73 Å². The molecule has 1 saturated heterocycles. The first kappa shape index (κ1) is 14.9. The van der Waals surface area contributed by atoms with Crippen molar-refractivity contribution < 1.29 is 9.18 Å². The summed E-state index contributed by atoms with van der Waals surface area (Å²) in [4.78, 5) is 15.9. The van der Waals surface area contributed by atoms with Gasteiger partial charge in [0, 0.05) is 27.2 Å². The molecular formula is C15H22FN3O. The van der Waals surface area contributed by atoms with E-state index in [4.69, 9.17) is 5.73 Å². The highest BCUT2D eigenvalue weighted by molar-refractivity contribution is 5.81. The third kappa shape index (κ3) is 3.35. The van der Waals surface area contributed by atoms with E-state index in [2.05, 4.69) is 4.90 Å². The first-order chi connectivity index (χ1) is 9.51. The highest BCUT2D eigenvalue weighted by Gasteiger charge is 2.31. The Morgan fingerprint density at radius 2 is 2.10 bits per heavy atom. The van der Waals surface area contributed by atoms with Gasteiger partial charge in [-0.1, -0.05) is 6.07 Å². The molecule has 20 heavy (non-hydrogen) atoms. The van der Waals surface area contributed by atoms with Crippen LogP contribution in [-0.4, -0.2) is 42.4 Å². The van der Waals surface area contributed by atoms with Crippen LogP contribution in [0.25, 0.3) is 0 Å². The lowest BCUT2D eigenvalue weighted by atomic mass is 10.1. The van der Waals surface area contributed by atoms with Crippen LogP contribution >= 0.6 is 0 Å². The minimum Gasteiger partial charge on any atom is -0.347 e. The first-order valence-corrected chi connectivity index (χ1v) is 6.95. The smallest absolute Gasteiger partial charge is 0.239 e. The summed E-state index contributed by atoms with van der Waals surface area (Å²) in [7, 11) is 3.54. The molecule has 0 aliphatic carbocycles. The summed E-state index contributed by atoms with van der Waals surface area (Å²) in [5, 5.41) is 0. The Hall–Kier alpha value is -1.46. The Morgan fingerprint density at radius 1 is 1.40 bits per heavy atom. The Kier molecular flexibility index (Phi) is 4.73. The lowest BCUT2D eigenvalue weighted by Crippen LogP contribution is -2.42. The molecule has 2 rings (SSSR count). The maximum Gasteiger partial charge on any atom is 0.239 e. The van der Waals surface area contributed by atoms with Crippen LogP contribution in [0.1, 0.15) is 24.0 Å². The fourth-order valence-corrected chi connectivity index (χ4v) is 2.75. The summed E-state index contributed by atoms with van der Waals surface area (Å²) in [6.45, 7) is 1.79. The number of hydrogen-bond acceptors (Lipinski definition) is 3. The topological polar surface area (TPSA) is 49.6 Å². The van der Waals surface area contributed by atoms with Gasteiger partial charge in [0.05, 0.1) is 6.04 Å². The van der Waals surface area contributed by atoms with E-state index in [0.717, 1.165) is 30.5 Å². The lowest BCUT2D eigenvalue weighted by molar-refractivity contribution is -0.133. The SMILES string of the molecule is CN(C)C(=O)C1CCCN1Cc1cc(F)cc(CN)c1. The summed E-state index contributed by atoms with van der Waals surface area (Å²) >= 11 is 0. The number of rotatable bonds is 4. The fraction of sp³-hybridized carbons (Fsp3) is 0.533. The van der Waals surface area contributed by atoms with Gasteiger partial charge in [0.1, 0.15) is 5.82 Å². The predicted molar refractivity (Wildman–Crippen MR) is 76.4 cm³/mol. The Balaban J connectivity index is 2.12. The van der Waals surface area contributed by atoms with E-state index >= 15 is 0 Å². The van der Waals surface area contributed by atoms with E-state index in [1.165, 1.54) is 12.1 Å². The summed E-state index contributed by atoms with van der Waals surface area (Å²) in [6, 6.07) is 4.80. The van der Waals surface area contributed by atoms with Crippen LogP contribution in [0, 0.1) is 5.82 Å². The zero-order valence-corrected chi connectivity index (χ0v) is 12.1. The number of likely N-dealkylation sites (tertiary alicyclic amines) is 1. The van der Waals surface area contributed by atoms with Gasteiger partial charge in [-0.3, -0.25) is 9.69 Å². The van der Waals surface area contributed by atoms with Gasteiger partial charge in [0.2, 0.25) is 5.91 Å². The quantitative estimate of drug-likeness (QED) is 0.905. The summed E-state index contributed by atoms with van der Waals surface area (Å²) < 4.78 is 13.5. The molecule has 0 saturated carbocycles. The van der Waals surface area contributed by atoms with Crippen LogP contribution in [0.2, 0.25) is 0 Å². The van der Waals surface area contributed by atoms with E-state index in [-0.39, 0.29) is 17.8 Å². The number of hydrogen-bond donors (Lipinski definition) is 1. The molecule has 5 heteroatoms. The molecule has 1 aromatic rings. The molecule has 1 heterocycles. The van der Waals surface area contributed by atoms with Crippen LogP contribution in [0.4, 0.5) is 4.39 Å². The molecule has 1 unspecified atom stereocenters. The van der Waals surface area contributed by atoms with Crippen molar-refractivity contribution >= 4 is 5.91 Å². The lowest BCUT2D eigenvalue weighted by Gasteiger charge is -2.26. The zero-order valence-electron chi connectivity index (χ0n) is 12.1. The van der Waals surface area contributed by atoms with Gasteiger partial charge in [-0.25, -0.2) is 4.39 Å². The number of nitrogens with zero attached hydrogens (tertiary/aromatic N) is 2. The van der Waals surface area contributed by atoms with Crippen LogP contribution in [0.3, 0.4) is 0 Å². The molecule has 1 amide bonds. The number of likely N-dealkylation sites (N-methyl/N-ethyl adjacent to an activating group) is 1. The van der Waals surface area contributed by atoms with E-state index in [9.17, 15) is 9.18 Å². The fourth-order valence-electron chi connectivity index (χ4n) is 2.75. The third-order valence-electron chi connectivity index (χ3n) is 3.73. The number of halogens is 1. The van der Waals surface area contributed by atoms with Crippen molar-refractivity contribution in [2.75, 3.05) is 20.6 Å². The monoisotopic (exact) mass is 279 g/mol. The Bertz CT molecular complexity index is 490. The number of carbonyl (C=O) groups excluding carboxylic acids is 1. The van der Waals surface area contributed by atoms with Crippen molar-refractivity contribution in [1.82, 2.24) is 9.80 Å². The highest BCUT2D eigenvalue weighted by Crippen LogP contribution is 2.22. The molecule has 0 bridgehead atoms. The van der Waals surface area contributed by atoms with E-state index < -0.39 is 0 Å². The molecule has 0 spiro atoms. The van der Waals surface area contributed by atoms with Crippen molar-refractivity contribution in [1.29, 1.82) is 0 Å². The van der Waals surface area contributed by atoms with Gasteiger partial charge in [-0.15, -0.1) is 0 Å². The minimum absolute atomic E-state index is 0.0883. The van der Waals surface area contributed by atoms with Gasteiger partial charge in [0.25, 0.3) is 0 Å². The normalized spacial score (nSPS) is 19.3. The molecule has 1 aliphatic heterocycles. The second kappa shape index (κ2) is 6.33. The van der Waals surface area contributed by atoms with E-state index in [0.29, 0.717) is 13.1 Å². The molecular weight excluding hydrogens is 257 g/mol. The molecule has 1 aromatic carbocycles. The van der Waals surface area contributed by atoms with Gasteiger partial charge in [-0.05, 0) is 42.6 Å². The molecule has 1 fully saturated rings. The van der Waals surface area contributed by atoms with Crippen LogP contribution in [0.5, 0.6) is 0 Å². The molecule has 0 aromatic heterocycles. The van der Waals surface area contributed by atoms with Crippen LogP contribution in [-0.2, 0) is 17.9 Å². The summed E-state index contributed by atoms with van der Waals surface area (Å²) in [5.74, 6) is -0.143. The molecule has 110 valence electrons. The number of carbonyl (C=O) groups is 1. The molecule has 4 nitrogen and oxygen atoms in total. The minimum atomic E-state index is -0.266. The second-order valence-electron chi connectivity index (χ2n) is 5.53. The number of amides is 1. The molecule has 1 atom stereocenters. The van der Waals surface area contributed by atoms with Crippen molar-refractivity contribution in [2.45, 2.75) is 32.0 Å². The highest BCUT2D eigenvalue weighted by atomic mass is 19.1. The maximum absolute atomic E-state index is 13.5. The van der Waals surface area contributed by atoms with Crippen molar-refractivity contribution in [2.24, 2.45) is 5.73 Å². The Labute approximate surface area is 119 Å². The van der Waals surface area contributed by atoms with Crippen LogP contribution in [0.15, 0.2) is 18.2 Å². The number of nitrogens with two attached hydrogens (primary N) is 1. The van der Waals surface area contributed by atoms with Crippen molar-refractivity contribution in [3.05, 3.63) is 35.1 Å². The van der Waals surface area contributed by atoms with Crippen molar-refractivity contribution in [3.8, 4) is 0 Å². The number of benzene rings is 1. The van der Waals surface area contributed by atoms with Gasteiger partial charge >= 0.3 is 0 Å². The molecule has 1 aliphatic rings. The second-order valence-corrected chi connectivity index (χ2v) is 5.53. The van der Waals surface area contributed by atoms with E-state index in [1.807, 2.05) is 6.07 Å². The van der Waals surface area contributed by atoms with Gasteiger partial charge < -0.3 is 10.6 Å². The standard InChI is InChI=1S/C15H22FN3O/c1-18(2)15(20)14-4-3-5-19(14)10-12-6-11(9-17)7-13(16)8-12/h6-8,14H,3-5,9-10,17H2,1-2H3. The average molecular weight is 279 g/mol. The molecule has 0 radical (unpaired) electrons. The zero-order chi connectivity index (χ0) is 14.7. The Morgan fingerprint density at radius 3 is 2.75 bits per heavy atom. The predicted octanol–water partition coefficient (Wildman–Crippen LogP) is 1.34. The van der Waals surface area contributed by atoms with Gasteiger partial charge in [-0.2, -0.15) is 0 Å². The largest absolute Gasteiger partial charge is 0.347 e. The third-order valence-corrected chi connectivity index (χ3v) is 3.73. The summed E-state index contributed by atoms with van der Waals surface area (Å²) in [5.41, 5.74) is 7.24.